The third-order valence-electron chi connectivity index (χ3n) is 2.58. The van der Waals surface area contributed by atoms with Gasteiger partial charge in [0.2, 0.25) is 0 Å². The Morgan fingerprint density at radius 2 is 1.94 bits per heavy atom. The summed E-state index contributed by atoms with van der Waals surface area (Å²) in [4.78, 5) is 2.53. The van der Waals surface area contributed by atoms with Crippen molar-refractivity contribution >= 4 is 21.2 Å². The van der Waals surface area contributed by atoms with Gasteiger partial charge in [0.25, 0.3) is 0 Å². The van der Waals surface area contributed by atoms with Gasteiger partial charge >= 0.3 is 0 Å². The molecule has 1 N–H and O–H groups in total. The summed E-state index contributed by atoms with van der Waals surface area (Å²) < 4.78 is 23.0. The van der Waals surface area contributed by atoms with E-state index in [1.165, 1.54) is 9.75 Å². The van der Waals surface area contributed by atoms with Gasteiger partial charge in [0.1, 0.15) is 0 Å². The maximum atomic E-state index is 11.8. The summed E-state index contributed by atoms with van der Waals surface area (Å²) in [6.07, 6.45) is 0. The van der Waals surface area contributed by atoms with Gasteiger partial charge in [-0.1, -0.05) is 0 Å². The average Bonchev–Trinajstić information content (AvgIpc) is 2.57. The highest BCUT2D eigenvalue weighted by molar-refractivity contribution is 7.92. The third-order valence-corrected chi connectivity index (χ3v) is 6.18. The molecule has 0 spiro atoms. The highest BCUT2D eigenvalue weighted by Crippen LogP contribution is 2.16. The van der Waals surface area contributed by atoms with E-state index in [-0.39, 0.29) is 5.75 Å². The molecule has 1 aromatic heterocycles. The summed E-state index contributed by atoms with van der Waals surface area (Å²) in [5.41, 5.74) is 0. The first kappa shape index (κ1) is 14.7. The summed E-state index contributed by atoms with van der Waals surface area (Å²) >= 11 is 1.74. The minimum Gasteiger partial charge on any atom is -0.311 e. The zero-order valence-electron chi connectivity index (χ0n) is 10.9. The SMILES string of the molecule is Cc1ccc(CNCCS(=O)(=O)C(C)(C)C)s1. The Balaban J connectivity index is 2.34. The van der Waals surface area contributed by atoms with Crippen LogP contribution in [0, 0.1) is 6.92 Å². The molecular weight excluding hydrogens is 254 g/mol. The van der Waals surface area contributed by atoms with Gasteiger partial charge in [0.15, 0.2) is 9.84 Å². The number of hydrogen-bond acceptors (Lipinski definition) is 4. The van der Waals surface area contributed by atoms with Crippen LogP contribution >= 0.6 is 11.3 Å². The first-order chi connectivity index (χ1) is 7.72. The molecule has 0 atom stereocenters. The molecule has 0 radical (unpaired) electrons. The van der Waals surface area contributed by atoms with E-state index in [1.54, 1.807) is 32.1 Å². The van der Waals surface area contributed by atoms with Gasteiger partial charge in [-0.25, -0.2) is 8.42 Å². The van der Waals surface area contributed by atoms with Crippen molar-refractivity contribution in [3.05, 3.63) is 21.9 Å². The van der Waals surface area contributed by atoms with Crippen LogP contribution in [0.25, 0.3) is 0 Å². The molecule has 0 saturated heterocycles. The van der Waals surface area contributed by atoms with E-state index in [0.29, 0.717) is 6.54 Å². The second-order valence-corrected chi connectivity index (χ2v) is 9.36. The number of sulfone groups is 1. The fourth-order valence-electron chi connectivity index (χ4n) is 1.30. The van der Waals surface area contributed by atoms with Crippen molar-refractivity contribution in [3.63, 3.8) is 0 Å². The molecule has 0 aliphatic carbocycles. The lowest BCUT2D eigenvalue weighted by Crippen LogP contribution is -2.34. The summed E-state index contributed by atoms with van der Waals surface area (Å²) in [6.45, 7) is 8.55. The Kier molecular flexibility index (Phi) is 4.75. The van der Waals surface area contributed by atoms with E-state index >= 15 is 0 Å². The lowest BCUT2D eigenvalue weighted by Gasteiger charge is -2.19. The maximum absolute atomic E-state index is 11.8. The molecule has 5 heteroatoms. The molecule has 0 unspecified atom stereocenters. The van der Waals surface area contributed by atoms with Gasteiger partial charge in [-0.3, -0.25) is 0 Å². The van der Waals surface area contributed by atoms with Crippen molar-refractivity contribution in [3.8, 4) is 0 Å². The quantitative estimate of drug-likeness (QED) is 0.839. The Morgan fingerprint density at radius 3 is 2.41 bits per heavy atom. The van der Waals surface area contributed by atoms with Crippen LogP contribution in [0.4, 0.5) is 0 Å². The van der Waals surface area contributed by atoms with Crippen LogP contribution in [-0.4, -0.2) is 25.5 Å². The van der Waals surface area contributed by atoms with E-state index < -0.39 is 14.6 Å². The highest BCUT2D eigenvalue weighted by Gasteiger charge is 2.27. The number of rotatable bonds is 5. The number of hydrogen-bond donors (Lipinski definition) is 1. The Morgan fingerprint density at radius 1 is 1.29 bits per heavy atom. The van der Waals surface area contributed by atoms with Crippen molar-refractivity contribution in [2.75, 3.05) is 12.3 Å². The third kappa shape index (κ3) is 4.41. The highest BCUT2D eigenvalue weighted by atomic mass is 32.2. The lowest BCUT2D eigenvalue weighted by atomic mass is 10.3. The van der Waals surface area contributed by atoms with Gasteiger partial charge in [-0.05, 0) is 39.8 Å². The smallest absolute Gasteiger partial charge is 0.156 e. The van der Waals surface area contributed by atoms with Crippen molar-refractivity contribution < 1.29 is 8.42 Å². The fourth-order valence-corrected chi connectivity index (χ4v) is 3.19. The predicted octanol–water partition coefficient (Wildman–Crippen LogP) is 2.36. The Hall–Kier alpha value is -0.390. The Labute approximate surface area is 108 Å². The van der Waals surface area contributed by atoms with E-state index in [1.807, 2.05) is 0 Å². The van der Waals surface area contributed by atoms with Gasteiger partial charge in [0.05, 0.1) is 10.5 Å². The number of thiophene rings is 1. The first-order valence-electron chi connectivity index (χ1n) is 5.71. The van der Waals surface area contributed by atoms with Gasteiger partial charge in [-0.15, -0.1) is 11.3 Å². The van der Waals surface area contributed by atoms with Crippen LogP contribution in [0.5, 0.6) is 0 Å². The molecule has 0 saturated carbocycles. The zero-order valence-corrected chi connectivity index (χ0v) is 12.5. The normalized spacial score (nSPS) is 12.9. The van der Waals surface area contributed by atoms with E-state index in [0.717, 1.165) is 6.54 Å². The molecule has 0 aliphatic heterocycles. The molecule has 0 fully saturated rings. The molecule has 0 bridgehead atoms. The average molecular weight is 275 g/mol. The molecule has 0 aromatic carbocycles. The zero-order chi connectivity index (χ0) is 13.1. The van der Waals surface area contributed by atoms with E-state index in [9.17, 15) is 8.42 Å². The van der Waals surface area contributed by atoms with Crippen LogP contribution < -0.4 is 5.32 Å². The molecule has 0 amide bonds. The number of nitrogens with one attached hydrogen (secondary N) is 1. The van der Waals surface area contributed by atoms with Crippen molar-refractivity contribution in [2.24, 2.45) is 0 Å². The second kappa shape index (κ2) is 5.50. The van der Waals surface area contributed by atoms with Gasteiger partial charge in [0, 0.05) is 22.8 Å². The fraction of sp³-hybridized carbons (Fsp3) is 0.667. The molecule has 98 valence electrons. The van der Waals surface area contributed by atoms with Gasteiger partial charge in [-0.2, -0.15) is 0 Å². The van der Waals surface area contributed by atoms with Crippen LogP contribution in [0.3, 0.4) is 0 Å². The molecule has 1 heterocycles. The predicted molar refractivity (Wildman–Crippen MR) is 74.3 cm³/mol. The minimum atomic E-state index is -3.01. The van der Waals surface area contributed by atoms with Crippen molar-refractivity contribution in [1.82, 2.24) is 5.32 Å². The molecule has 3 nitrogen and oxygen atoms in total. The summed E-state index contributed by atoms with van der Waals surface area (Å²) in [7, 11) is -3.01. The van der Waals surface area contributed by atoms with Gasteiger partial charge < -0.3 is 5.32 Å². The van der Waals surface area contributed by atoms with Crippen LogP contribution in [0.2, 0.25) is 0 Å². The van der Waals surface area contributed by atoms with Crippen LogP contribution in [-0.2, 0) is 16.4 Å². The minimum absolute atomic E-state index is 0.195. The Bertz CT molecular complexity index is 455. The molecule has 1 rings (SSSR count). The topological polar surface area (TPSA) is 46.2 Å². The summed E-state index contributed by atoms with van der Waals surface area (Å²) in [5, 5.41) is 3.17. The molecule has 0 aliphatic rings. The maximum Gasteiger partial charge on any atom is 0.156 e. The monoisotopic (exact) mass is 275 g/mol. The largest absolute Gasteiger partial charge is 0.311 e. The molecule has 1 aromatic rings. The standard InChI is InChI=1S/C12H21NO2S2/c1-10-5-6-11(16-10)9-13-7-8-17(14,15)12(2,3)4/h5-6,13H,7-9H2,1-4H3. The van der Waals surface area contributed by atoms with Crippen LogP contribution in [0.1, 0.15) is 30.5 Å². The number of aryl methyl sites for hydroxylation is 1. The van der Waals surface area contributed by atoms with Crippen LogP contribution in [0.15, 0.2) is 12.1 Å². The lowest BCUT2D eigenvalue weighted by molar-refractivity contribution is 0.556. The van der Waals surface area contributed by atoms with Crippen molar-refractivity contribution in [2.45, 2.75) is 39.0 Å². The van der Waals surface area contributed by atoms with E-state index in [4.69, 9.17) is 0 Å². The van der Waals surface area contributed by atoms with Crippen molar-refractivity contribution in [1.29, 1.82) is 0 Å². The molecular formula is C12H21NO2S2. The van der Waals surface area contributed by atoms with E-state index in [2.05, 4.69) is 24.4 Å². The molecule has 17 heavy (non-hydrogen) atoms. The summed E-state index contributed by atoms with van der Waals surface area (Å²) in [6, 6.07) is 4.15. The second-order valence-electron chi connectivity index (χ2n) is 5.12. The summed E-state index contributed by atoms with van der Waals surface area (Å²) in [5.74, 6) is 0.195. The first-order valence-corrected chi connectivity index (χ1v) is 8.17.